The van der Waals surface area contributed by atoms with Crippen molar-refractivity contribution in [3.05, 3.63) is 0 Å². The van der Waals surface area contributed by atoms with Crippen LogP contribution in [-0.2, 0) is 9.53 Å². The molecule has 1 aliphatic rings. The van der Waals surface area contributed by atoms with Crippen molar-refractivity contribution in [2.24, 2.45) is 5.92 Å². The van der Waals surface area contributed by atoms with E-state index in [2.05, 4.69) is 24.1 Å². The molecule has 18 heavy (non-hydrogen) atoms. The number of morpholine rings is 1. The minimum absolute atomic E-state index is 0.152. The average molecular weight is 256 g/mol. The van der Waals surface area contributed by atoms with Crippen LogP contribution >= 0.6 is 0 Å². The van der Waals surface area contributed by atoms with E-state index in [-0.39, 0.29) is 5.91 Å². The highest BCUT2D eigenvalue weighted by Gasteiger charge is 2.26. The van der Waals surface area contributed by atoms with Crippen LogP contribution in [0.15, 0.2) is 0 Å². The van der Waals surface area contributed by atoms with E-state index in [1.807, 2.05) is 6.92 Å². The maximum atomic E-state index is 11.4. The van der Waals surface area contributed by atoms with E-state index in [9.17, 15) is 4.79 Å². The van der Waals surface area contributed by atoms with Crippen molar-refractivity contribution in [2.75, 3.05) is 32.8 Å². The third kappa shape index (κ3) is 4.58. The average Bonchev–Trinajstić information content (AvgIpc) is 2.44. The predicted molar refractivity (Wildman–Crippen MR) is 73.6 cm³/mol. The summed E-state index contributed by atoms with van der Waals surface area (Å²) in [6.45, 7) is 10.8. The first kappa shape index (κ1) is 15.4. The monoisotopic (exact) mass is 256 g/mol. The van der Waals surface area contributed by atoms with Gasteiger partial charge in [-0.25, -0.2) is 0 Å². The molecule has 1 atom stereocenters. The number of amides is 1. The van der Waals surface area contributed by atoms with Gasteiger partial charge in [-0.1, -0.05) is 33.6 Å². The molecular weight excluding hydrogens is 228 g/mol. The maximum Gasteiger partial charge on any atom is 0.219 e. The molecule has 1 saturated heterocycles. The predicted octanol–water partition coefficient (Wildman–Crippen LogP) is 1.65. The summed E-state index contributed by atoms with van der Waals surface area (Å²) in [5, 5.41) is 3.06. The van der Waals surface area contributed by atoms with Crippen molar-refractivity contribution in [1.82, 2.24) is 10.2 Å². The van der Waals surface area contributed by atoms with Crippen LogP contribution in [0.3, 0.4) is 0 Å². The highest BCUT2D eigenvalue weighted by atomic mass is 16.5. The zero-order chi connectivity index (χ0) is 13.4. The number of carbonyl (C=O) groups excluding carboxylic acids is 1. The summed E-state index contributed by atoms with van der Waals surface area (Å²) in [6.07, 6.45) is 2.90. The highest BCUT2D eigenvalue weighted by molar-refractivity contribution is 5.75. The lowest BCUT2D eigenvalue weighted by molar-refractivity contribution is -0.121. The van der Waals surface area contributed by atoms with Crippen LogP contribution in [0.5, 0.6) is 0 Å². The number of nitrogens with one attached hydrogen (secondary N) is 1. The maximum absolute atomic E-state index is 11.4. The van der Waals surface area contributed by atoms with Crippen molar-refractivity contribution < 1.29 is 9.53 Å². The molecule has 1 amide bonds. The smallest absolute Gasteiger partial charge is 0.219 e. The highest BCUT2D eigenvalue weighted by Crippen LogP contribution is 2.19. The molecule has 1 N–H and O–H groups in total. The fourth-order valence-corrected chi connectivity index (χ4v) is 2.68. The molecule has 106 valence electrons. The molecule has 0 aliphatic carbocycles. The Kier molecular flexibility index (Phi) is 7.28. The Morgan fingerprint density at radius 1 is 1.22 bits per heavy atom. The second-order valence-electron chi connectivity index (χ2n) is 4.95. The molecule has 1 unspecified atom stereocenters. The van der Waals surface area contributed by atoms with Gasteiger partial charge in [0.1, 0.15) is 0 Å². The number of hydrogen-bond donors (Lipinski definition) is 1. The van der Waals surface area contributed by atoms with Gasteiger partial charge in [-0.15, -0.1) is 0 Å². The van der Waals surface area contributed by atoms with Crippen LogP contribution in [-0.4, -0.2) is 49.7 Å². The van der Waals surface area contributed by atoms with E-state index in [1.54, 1.807) is 0 Å². The molecule has 1 fully saturated rings. The van der Waals surface area contributed by atoms with Gasteiger partial charge in [-0.05, 0) is 5.92 Å². The molecule has 0 aromatic rings. The number of carbonyl (C=O) groups is 1. The molecule has 0 bridgehead atoms. The number of hydrogen-bond acceptors (Lipinski definition) is 3. The lowest BCUT2D eigenvalue weighted by Gasteiger charge is -2.38. The SMILES string of the molecule is CCC(=O)NCC(C(CC)CC)N1CCOCC1. The van der Waals surface area contributed by atoms with Gasteiger partial charge in [-0.3, -0.25) is 9.69 Å². The van der Waals surface area contributed by atoms with Crippen molar-refractivity contribution in [3.8, 4) is 0 Å². The molecule has 0 aromatic carbocycles. The Morgan fingerprint density at radius 2 is 1.83 bits per heavy atom. The first-order chi connectivity index (χ1) is 8.72. The zero-order valence-corrected chi connectivity index (χ0v) is 12.1. The minimum atomic E-state index is 0.152. The van der Waals surface area contributed by atoms with E-state index < -0.39 is 0 Å². The van der Waals surface area contributed by atoms with Crippen LogP contribution in [0, 0.1) is 5.92 Å². The van der Waals surface area contributed by atoms with Gasteiger partial charge in [-0.2, -0.15) is 0 Å². The first-order valence-corrected chi connectivity index (χ1v) is 7.31. The fourth-order valence-electron chi connectivity index (χ4n) is 2.68. The molecule has 4 nitrogen and oxygen atoms in total. The van der Waals surface area contributed by atoms with Gasteiger partial charge >= 0.3 is 0 Å². The van der Waals surface area contributed by atoms with E-state index in [4.69, 9.17) is 4.74 Å². The van der Waals surface area contributed by atoms with Crippen molar-refractivity contribution in [3.63, 3.8) is 0 Å². The van der Waals surface area contributed by atoms with Gasteiger partial charge in [0.2, 0.25) is 5.91 Å². The molecular formula is C14H28N2O2. The summed E-state index contributed by atoms with van der Waals surface area (Å²) in [5.41, 5.74) is 0. The van der Waals surface area contributed by atoms with Gasteiger partial charge < -0.3 is 10.1 Å². The molecule has 1 heterocycles. The Hall–Kier alpha value is -0.610. The molecule has 1 aliphatic heterocycles. The fraction of sp³-hybridized carbons (Fsp3) is 0.929. The van der Waals surface area contributed by atoms with Crippen molar-refractivity contribution in [1.29, 1.82) is 0 Å². The summed E-state index contributed by atoms with van der Waals surface area (Å²) < 4.78 is 5.41. The summed E-state index contributed by atoms with van der Waals surface area (Å²) >= 11 is 0. The standard InChI is InChI=1S/C14H28N2O2/c1-4-12(5-2)13(11-15-14(17)6-3)16-7-9-18-10-8-16/h12-13H,4-11H2,1-3H3,(H,15,17). The van der Waals surface area contributed by atoms with Crippen LogP contribution in [0.1, 0.15) is 40.0 Å². The number of rotatable bonds is 7. The van der Waals surface area contributed by atoms with Gasteiger partial charge in [0.05, 0.1) is 13.2 Å². The third-order valence-electron chi connectivity index (χ3n) is 3.94. The Labute approximate surface area is 111 Å². The lowest BCUT2D eigenvalue weighted by Crippen LogP contribution is -2.52. The second kappa shape index (κ2) is 8.48. The second-order valence-corrected chi connectivity index (χ2v) is 4.95. The molecule has 0 aromatic heterocycles. The summed E-state index contributed by atoms with van der Waals surface area (Å²) in [5.74, 6) is 0.805. The normalized spacial score (nSPS) is 18.9. The van der Waals surface area contributed by atoms with Crippen molar-refractivity contribution in [2.45, 2.75) is 46.1 Å². The third-order valence-corrected chi connectivity index (χ3v) is 3.94. The van der Waals surface area contributed by atoms with Crippen LogP contribution in [0.2, 0.25) is 0 Å². The lowest BCUT2D eigenvalue weighted by atomic mass is 9.92. The molecule has 4 heteroatoms. The largest absolute Gasteiger partial charge is 0.379 e. The van der Waals surface area contributed by atoms with Crippen LogP contribution in [0.4, 0.5) is 0 Å². The van der Waals surface area contributed by atoms with E-state index in [0.29, 0.717) is 18.4 Å². The van der Waals surface area contributed by atoms with Gasteiger partial charge in [0.15, 0.2) is 0 Å². The number of nitrogens with zero attached hydrogens (tertiary/aromatic N) is 1. The quantitative estimate of drug-likeness (QED) is 0.753. The first-order valence-electron chi connectivity index (χ1n) is 7.31. The van der Waals surface area contributed by atoms with Crippen LogP contribution in [0.25, 0.3) is 0 Å². The van der Waals surface area contributed by atoms with Gasteiger partial charge in [0, 0.05) is 32.1 Å². The zero-order valence-electron chi connectivity index (χ0n) is 12.1. The Morgan fingerprint density at radius 3 is 2.33 bits per heavy atom. The van der Waals surface area contributed by atoms with Crippen LogP contribution < -0.4 is 5.32 Å². The van der Waals surface area contributed by atoms with E-state index in [1.165, 1.54) is 12.8 Å². The van der Waals surface area contributed by atoms with Crippen molar-refractivity contribution >= 4 is 5.91 Å². The molecule has 1 rings (SSSR count). The summed E-state index contributed by atoms with van der Waals surface area (Å²) in [4.78, 5) is 13.9. The number of ether oxygens (including phenoxy) is 1. The Bertz CT molecular complexity index is 236. The Balaban J connectivity index is 2.57. The summed E-state index contributed by atoms with van der Waals surface area (Å²) in [7, 11) is 0. The van der Waals surface area contributed by atoms with E-state index in [0.717, 1.165) is 32.8 Å². The molecule has 0 spiro atoms. The topological polar surface area (TPSA) is 41.6 Å². The summed E-state index contributed by atoms with van der Waals surface area (Å²) in [6, 6.07) is 0.458. The minimum Gasteiger partial charge on any atom is -0.379 e. The molecule has 0 saturated carbocycles. The van der Waals surface area contributed by atoms with Gasteiger partial charge in [0.25, 0.3) is 0 Å². The molecule has 0 radical (unpaired) electrons. The van der Waals surface area contributed by atoms with E-state index >= 15 is 0 Å².